The third-order valence-corrected chi connectivity index (χ3v) is 4.98. The Balaban J connectivity index is 1.76. The average Bonchev–Trinajstić information content (AvgIpc) is 2.53. The molecule has 0 saturated carbocycles. The summed E-state index contributed by atoms with van der Waals surface area (Å²) in [5, 5.41) is 3.77. The van der Waals surface area contributed by atoms with Crippen LogP contribution in [0.4, 0.5) is 0 Å². The smallest absolute Gasteiger partial charge is 0.0317 e. The van der Waals surface area contributed by atoms with Crippen molar-refractivity contribution in [3.8, 4) is 0 Å². The molecule has 0 radical (unpaired) electrons. The fourth-order valence-corrected chi connectivity index (χ4v) is 3.30. The summed E-state index contributed by atoms with van der Waals surface area (Å²) in [6.45, 7) is 8.20. The molecule has 1 atom stereocenters. The fourth-order valence-electron chi connectivity index (χ4n) is 3.30. The molecule has 1 aliphatic rings. The number of hydrogen-bond donors (Lipinski definition) is 1. The van der Waals surface area contributed by atoms with Crippen molar-refractivity contribution in [3.63, 3.8) is 0 Å². The first-order valence-electron chi connectivity index (χ1n) is 8.73. The highest BCUT2D eigenvalue weighted by Crippen LogP contribution is 2.21. The molecule has 118 valence electrons. The quantitative estimate of drug-likeness (QED) is 0.815. The van der Waals surface area contributed by atoms with Crippen LogP contribution in [0.15, 0.2) is 24.3 Å². The van der Waals surface area contributed by atoms with Crippen LogP contribution < -0.4 is 5.32 Å². The van der Waals surface area contributed by atoms with E-state index in [0.717, 1.165) is 18.9 Å². The third kappa shape index (κ3) is 5.12. The Hall–Kier alpha value is -0.860. The van der Waals surface area contributed by atoms with Crippen molar-refractivity contribution in [3.05, 3.63) is 35.4 Å². The number of piperidine rings is 1. The van der Waals surface area contributed by atoms with E-state index in [-0.39, 0.29) is 0 Å². The second-order valence-electron chi connectivity index (χ2n) is 6.55. The maximum atomic E-state index is 3.77. The van der Waals surface area contributed by atoms with Crippen LogP contribution in [0.25, 0.3) is 0 Å². The summed E-state index contributed by atoms with van der Waals surface area (Å²) in [4.78, 5) is 2.45. The molecule has 0 amide bonds. The molecular formula is C19H32N2. The molecule has 1 saturated heterocycles. The average molecular weight is 288 g/mol. The summed E-state index contributed by atoms with van der Waals surface area (Å²) in [7, 11) is 2.24. The van der Waals surface area contributed by atoms with Gasteiger partial charge in [-0.15, -0.1) is 0 Å². The van der Waals surface area contributed by atoms with Crippen molar-refractivity contribution in [2.75, 3.05) is 26.7 Å². The van der Waals surface area contributed by atoms with Gasteiger partial charge in [0.25, 0.3) is 0 Å². The van der Waals surface area contributed by atoms with Crippen molar-refractivity contribution in [1.29, 1.82) is 0 Å². The predicted molar refractivity (Wildman–Crippen MR) is 91.7 cm³/mol. The van der Waals surface area contributed by atoms with E-state index < -0.39 is 0 Å². The fraction of sp³-hybridized carbons (Fsp3) is 0.684. The van der Waals surface area contributed by atoms with Gasteiger partial charge in [-0.25, -0.2) is 0 Å². The number of benzene rings is 1. The maximum Gasteiger partial charge on any atom is 0.0317 e. The van der Waals surface area contributed by atoms with Crippen molar-refractivity contribution >= 4 is 0 Å². The molecule has 1 unspecified atom stereocenters. The Kier molecular flexibility index (Phi) is 6.72. The predicted octanol–water partition coefficient (Wildman–Crippen LogP) is 4.02. The van der Waals surface area contributed by atoms with E-state index in [1.165, 1.54) is 49.9 Å². The minimum atomic E-state index is 0.516. The van der Waals surface area contributed by atoms with Crippen LogP contribution in [-0.2, 0) is 6.42 Å². The Morgan fingerprint density at radius 1 is 1.14 bits per heavy atom. The van der Waals surface area contributed by atoms with E-state index in [1.807, 2.05) is 0 Å². The molecule has 21 heavy (non-hydrogen) atoms. The number of nitrogens with one attached hydrogen (secondary N) is 1. The Morgan fingerprint density at radius 2 is 1.81 bits per heavy atom. The lowest BCUT2D eigenvalue weighted by molar-refractivity contribution is 0.210. The van der Waals surface area contributed by atoms with Gasteiger partial charge in [0.05, 0.1) is 0 Å². The molecule has 0 aliphatic carbocycles. The van der Waals surface area contributed by atoms with Crippen LogP contribution in [0.3, 0.4) is 0 Å². The van der Waals surface area contributed by atoms with E-state index in [9.17, 15) is 0 Å². The number of hydrogen-bond acceptors (Lipinski definition) is 2. The first-order chi connectivity index (χ1) is 10.2. The van der Waals surface area contributed by atoms with E-state index >= 15 is 0 Å². The standard InChI is InChI=1S/C19H32N2/c1-4-16-6-8-18(9-7-16)19(5-2)20-13-10-17-11-14-21(3)15-12-17/h6-9,17,19-20H,4-5,10-15H2,1-3H3. The van der Waals surface area contributed by atoms with Crippen LogP contribution in [0.2, 0.25) is 0 Å². The zero-order chi connectivity index (χ0) is 15.1. The first-order valence-corrected chi connectivity index (χ1v) is 8.73. The van der Waals surface area contributed by atoms with Gasteiger partial charge in [-0.1, -0.05) is 38.1 Å². The van der Waals surface area contributed by atoms with Gasteiger partial charge in [-0.05, 0) is 75.8 Å². The highest BCUT2D eigenvalue weighted by Gasteiger charge is 2.16. The molecule has 1 heterocycles. The SMILES string of the molecule is CCc1ccc(C(CC)NCCC2CCN(C)CC2)cc1. The van der Waals surface area contributed by atoms with Crippen molar-refractivity contribution in [1.82, 2.24) is 10.2 Å². The Labute approximate surface area is 130 Å². The minimum Gasteiger partial charge on any atom is -0.310 e. The molecular weight excluding hydrogens is 256 g/mol. The molecule has 1 N–H and O–H groups in total. The van der Waals surface area contributed by atoms with Gasteiger partial charge in [0.2, 0.25) is 0 Å². The normalized spacial score (nSPS) is 18.8. The highest BCUT2D eigenvalue weighted by molar-refractivity contribution is 5.25. The summed E-state index contributed by atoms with van der Waals surface area (Å²) < 4.78 is 0. The molecule has 0 spiro atoms. The van der Waals surface area contributed by atoms with Gasteiger partial charge < -0.3 is 10.2 Å². The summed E-state index contributed by atoms with van der Waals surface area (Å²) in [5.74, 6) is 0.925. The lowest BCUT2D eigenvalue weighted by Crippen LogP contribution is -2.32. The second-order valence-corrected chi connectivity index (χ2v) is 6.55. The van der Waals surface area contributed by atoms with Crippen LogP contribution in [0.5, 0.6) is 0 Å². The molecule has 1 fully saturated rings. The van der Waals surface area contributed by atoms with Gasteiger partial charge in [-0.3, -0.25) is 0 Å². The summed E-state index contributed by atoms with van der Waals surface area (Å²) in [5.41, 5.74) is 2.87. The Morgan fingerprint density at radius 3 is 2.38 bits per heavy atom. The molecule has 1 aromatic carbocycles. The van der Waals surface area contributed by atoms with Crippen molar-refractivity contribution in [2.45, 2.75) is 52.0 Å². The number of nitrogens with zero attached hydrogens (tertiary/aromatic N) is 1. The van der Waals surface area contributed by atoms with Crippen LogP contribution in [0.1, 0.15) is 56.7 Å². The van der Waals surface area contributed by atoms with E-state index in [0.29, 0.717) is 6.04 Å². The van der Waals surface area contributed by atoms with Gasteiger partial charge >= 0.3 is 0 Å². The van der Waals surface area contributed by atoms with Gasteiger partial charge in [0.1, 0.15) is 0 Å². The molecule has 1 aromatic rings. The second kappa shape index (κ2) is 8.55. The van der Waals surface area contributed by atoms with Crippen LogP contribution in [-0.4, -0.2) is 31.6 Å². The monoisotopic (exact) mass is 288 g/mol. The van der Waals surface area contributed by atoms with Gasteiger partial charge in [0, 0.05) is 6.04 Å². The van der Waals surface area contributed by atoms with Crippen molar-refractivity contribution < 1.29 is 0 Å². The van der Waals surface area contributed by atoms with E-state index in [1.54, 1.807) is 0 Å². The number of rotatable bonds is 7. The Bertz CT molecular complexity index is 391. The minimum absolute atomic E-state index is 0.516. The first kappa shape index (κ1) is 16.5. The van der Waals surface area contributed by atoms with Gasteiger partial charge in [0.15, 0.2) is 0 Å². The third-order valence-electron chi connectivity index (χ3n) is 4.98. The zero-order valence-electron chi connectivity index (χ0n) is 14.1. The largest absolute Gasteiger partial charge is 0.310 e. The zero-order valence-corrected chi connectivity index (χ0v) is 14.1. The topological polar surface area (TPSA) is 15.3 Å². The summed E-state index contributed by atoms with van der Waals surface area (Å²) in [6.07, 6.45) is 6.37. The molecule has 1 aliphatic heterocycles. The molecule has 2 heteroatoms. The molecule has 0 bridgehead atoms. The maximum absolute atomic E-state index is 3.77. The van der Waals surface area contributed by atoms with Gasteiger partial charge in [-0.2, -0.15) is 0 Å². The lowest BCUT2D eigenvalue weighted by Gasteiger charge is -2.29. The van der Waals surface area contributed by atoms with Crippen LogP contribution >= 0.6 is 0 Å². The van der Waals surface area contributed by atoms with Crippen molar-refractivity contribution in [2.24, 2.45) is 5.92 Å². The summed E-state index contributed by atoms with van der Waals surface area (Å²) >= 11 is 0. The van der Waals surface area contributed by atoms with E-state index in [4.69, 9.17) is 0 Å². The molecule has 2 nitrogen and oxygen atoms in total. The van der Waals surface area contributed by atoms with Crippen LogP contribution in [0, 0.1) is 5.92 Å². The number of aryl methyl sites for hydroxylation is 1. The van der Waals surface area contributed by atoms with E-state index in [2.05, 4.69) is 55.4 Å². The lowest BCUT2D eigenvalue weighted by atomic mass is 9.93. The highest BCUT2D eigenvalue weighted by atomic mass is 15.1. The molecule has 0 aromatic heterocycles. The summed E-state index contributed by atoms with van der Waals surface area (Å²) in [6, 6.07) is 9.67. The number of likely N-dealkylation sites (tertiary alicyclic amines) is 1. The molecule has 2 rings (SSSR count).